The van der Waals surface area contributed by atoms with Crippen molar-refractivity contribution in [1.82, 2.24) is 14.9 Å². The van der Waals surface area contributed by atoms with Crippen molar-refractivity contribution in [2.24, 2.45) is 0 Å². The fourth-order valence-corrected chi connectivity index (χ4v) is 3.65. The molecule has 0 spiro atoms. The van der Waals surface area contributed by atoms with Crippen LogP contribution in [0.5, 0.6) is 0 Å². The highest BCUT2D eigenvalue weighted by molar-refractivity contribution is 7.89. The molecule has 2 rings (SSSR count). The topological polar surface area (TPSA) is 87.7 Å². The molecule has 1 heterocycles. The molecular weight excluding hydrogens is 354 g/mol. The van der Waals surface area contributed by atoms with E-state index in [2.05, 4.69) is 10.6 Å². The maximum absolute atomic E-state index is 12.5. The molecule has 9 heteroatoms. The highest BCUT2D eigenvalue weighted by Crippen LogP contribution is 2.17. The van der Waals surface area contributed by atoms with Crippen molar-refractivity contribution >= 4 is 28.3 Å². The van der Waals surface area contributed by atoms with Crippen LogP contribution in [0.3, 0.4) is 0 Å². The smallest absolute Gasteiger partial charge is 0.243 e. The minimum atomic E-state index is -3.46. The maximum atomic E-state index is 12.5. The Balaban J connectivity index is 0.00000288. The molecule has 7 nitrogen and oxygen atoms in total. The molecule has 0 radical (unpaired) electrons. The molecule has 24 heavy (non-hydrogen) atoms. The summed E-state index contributed by atoms with van der Waals surface area (Å²) in [6.45, 7) is 2.63. The van der Waals surface area contributed by atoms with Gasteiger partial charge in [0.25, 0.3) is 0 Å². The number of carbonyl (C=O) groups excluding carboxylic acids is 1. The molecule has 1 aromatic rings. The van der Waals surface area contributed by atoms with Gasteiger partial charge in [-0.3, -0.25) is 4.79 Å². The number of nitrogens with one attached hydrogen (secondary N) is 2. The lowest BCUT2D eigenvalue weighted by atomic mass is 10.2. The Bertz CT molecular complexity index is 616. The fourth-order valence-electron chi connectivity index (χ4n) is 2.24. The van der Waals surface area contributed by atoms with Gasteiger partial charge in [0, 0.05) is 32.6 Å². The summed E-state index contributed by atoms with van der Waals surface area (Å²) in [5.41, 5.74) is 0.865. The summed E-state index contributed by atoms with van der Waals surface area (Å²) in [4.78, 5) is 11.8. The normalized spacial score (nSPS) is 15.5. The first-order valence-electron chi connectivity index (χ1n) is 7.62. The number of halogens is 1. The SMILES string of the molecule is CNCCC(=O)NCc1ccc(S(=O)(=O)N2CCOCC2)cc1.Cl. The average Bonchev–Trinajstić information content (AvgIpc) is 2.59. The molecule has 136 valence electrons. The van der Waals surface area contributed by atoms with Crippen molar-refractivity contribution in [3.05, 3.63) is 29.8 Å². The maximum Gasteiger partial charge on any atom is 0.243 e. The fraction of sp³-hybridized carbons (Fsp3) is 0.533. The summed E-state index contributed by atoms with van der Waals surface area (Å²) in [5.74, 6) is -0.0376. The van der Waals surface area contributed by atoms with Gasteiger partial charge in [-0.2, -0.15) is 4.31 Å². The van der Waals surface area contributed by atoms with Crippen molar-refractivity contribution in [2.45, 2.75) is 17.9 Å². The van der Waals surface area contributed by atoms with Gasteiger partial charge in [0.15, 0.2) is 0 Å². The lowest BCUT2D eigenvalue weighted by molar-refractivity contribution is -0.121. The molecule has 0 bridgehead atoms. The van der Waals surface area contributed by atoms with E-state index in [-0.39, 0.29) is 23.2 Å². The van der Waals surface area contributed by atoms with Gasteiger partial charge in [-0.1, -0.05) is 12.1 Å². The van der Waals surface area contributed by atoms with Gasteiger partial charge in [-0.15, -0.1) is 12.4 Å². The Morgan fingerprint density at radius 2 is 1.83 bits per heavy atom. The molecule has 1 aromatic carbocycles. The van der Waals surface area contributed by atoms with E-state index in [9.17, 15) is 13.2 Å². The van der Waals surface area contributed by atoms with E-state index in [1.54, 1.807) is 31.3 Å². The number of morpholine rings is 1. The van der Waals surface area contributed by atoms with Crippen LogP contribution in [-0.4, -0.2) is 58.5 Å². The first kappa shape index (κ1) is 20.9. The zero-order valence-electron chi connectivity index (χ0n) is 13.7. The highest BCUT2D eigenvalue weighted by Gasteiger charge is 2.25. The van der Waals surface area contributed by atoms with E-state index in [0.717, 1.165) is 5.56 Å². The minimum absolute atomic E-state index is 0. The minimum Gasteiger partial charge on any atom is -0.379 e. The molecule has 1 aliphatic rings. The third-order valence-corrected chi connectivity index (χ3v) is 5.54. The van der Waals surface area contributed by atoms with Crippen molar-refractivity contribution in [2.75, 3.05) is 39.9 Å². The predicted molar refractivity (Wildman–Crippen MR) is 93.7 cm³/mol. The second kappa shape index (κ2) is 9.95. The van der Waals surface area contributed by atoms with Gasteiger partial charge in [0.2, 0.25) is 15.9 Å². The summed E-state index contributed by atoms with van der Waals surface area (Å²) >= 11 is 0. The van der Waals surface area contributed by atoms with Crippen LogP contribution in [0.4, 0.5) is 0 Å². The van der Waals surface area contributed by atoms with E-state index < -0.39 is 10.0 Å². The summed E-state index contributed by atoms with van der Waals surface area (Å²) in [7, 11) is -1.67. The molecular formula is C15H24ClN3O4S. The van der Waals surface area contributed by atoms with Crippen LogP contribution >= 0.6 is 12.4 Å². The summed E-state index contributed by atoms with van der Waals surface area (Å²) in [5, 5.41) is 5.71. The van der Waals surface area contributed by atoms with Gasteiger partial charge in [-0.05, 0) is 24.7 Å². The first-order valence-corrected chi connectivity index (χ1v) is 9.06. The molecule has 1 amide bonds. The monoisotopic (exact) mass is 377 g/mol. The number of benzene rings is 1. The van der Waals surface area contributed by atoms with E-state index in [4.69, 9.17) is 4.74 Å². The van der Waals surface area contributed by atoms with E-state index in [0.29, 0.717) is 45.8 Å². The lowest BCUT2D eigenvalue weighted by Gasteiger charge is -2.26. The van der Waals surface area contributed by atoms with Gasteiger partial charge in [-0.25, -0.2) is 8.42 Å². The van der Waals surface area contributed by atoms with Gasteiger partial charge in [0.05, 0.1) is 18.1 Å². The van der Waals surface area contributed by atoms with Crippen LogP contribution in [0.1, 0.15) is 12.0 Å². The molecule has 1 fully saturated rings. The number of hydrogen-bond donors (Lipinski definition) is 2. The predicted octanol–water partition coefficient (Wildman–Crippen LogP) is 0.355. The molecule has 2 N–H and O–H groups in total. The Hall–Kier alpha value is -1.19. The highest BCUT2D eigenvalue weighted by atomic mass is 35.5. The summed E-state index contributed by atoms with van der Waals surface area (Å²) in [6, 6.07) is 6.62. The van der Waals surface area contributed by atoms with Gasteiger partial charge in [0.1, 0.15) is 0 Å². The van der Waals surface area contributed by atoms with Gasteiger partial charge < -0.3 is 15.4 Å². The van der Waals surface area contributed by atoms with Crippen LogP contribution in [0.2, 0.25) is 0 Å². The molecule has 0 saturated carbocycles. The Kier molecular flexibility index (Phi) is 8.65. The van der Waals surface area contributed by atoms with E-state index in [1.165, 1.54) is 4.31 Å². The van der Waals surface area contributed by atoms with Crippen molar-refractivity contribution in [1.29, 1.82) is 0 Å². The number of hydrogen-bond acceptors (Lipinski definition) is 5. The number of carbonyl (C=O) groups is 1. The molecule has 0 atom stereocenters. The van der Waals surface area contributed by atoms with Crippen LogP contribution in [0.15, 0.2) is 29.2 Å². The first-order chi connectivity index (χ1) is 11.0. The second-order valence-electron chi connectivity index (χ2n) is 5.29. The van der Waals surface area contributed by atoms with E-state index in [1.807, 2.05) is 0 Å². The standard InChI is InChI=1S/C15H23N3O4S.ClH/c1-16-7-6-15(19)17-12-13-2-4-14(5-3-13)23(20,21)18-8-10-22-11-9-18;/h2-5,16H,6-12H2,1H3,(H,17,19);1H. The third kappa shape index (κ3) is 5.71. The van der Waals surface area contributed by atoms with E-state index >= 15 is 0 Å². The van der Waals surface area contributed by atoms with Crippen LogP contribution in [-0.2, 0) is 26.1 Å². The van der Waals surface area contributed by atoms with Crippen LogP contribution in [0.25, 0.3) is 0 Å². The number of rotatable bonds is 7. The number of sulfonamides is 1. The van der Waals surface area contributed by atoms with Crippen molar-refractivity contribution < 1.29 is 17.9 Å². The number of amides is 1. The summed E-state index contributed by atoms with van der Waals surface area (Å²) in [6.07, 6.45) is 0.417. The number of ether oxygens (including phenoxy) is 1. The average molecular weight is 378 g/mol. The Labute approximate surface area is 149 Å². The third-order valence-electron chi connectivity index (χ3n) is 3.62. The molecule has 0 unspecified atom stereocenters. The Morgan fingerprint density at radius 1 is 1.21 bits per heavy atom. The molecule has 1 saturated heterocycles. The van der Waals surface area contributed by atoms with Crippen molar-refractivity contribution in [3.8, 4) is 0 Å². The Morgan fingerprint density at radius 3 is 2.42 bits per heavy atom. The molecule has 0 aliphatic carbocycles. The largest absolute Gasteiger partial charge is 0.379 e. The van der Waals surface area contributed by atoms with Crippen molar-refractivity contribution in [3.63, 3.8) is 0 Å². The zero-order chi connectivity index (χ0) is 16.7. The number of nitrogens with zero attached hydrogens (tertiary/aromatic N) is 1. The van der Waals surface area contributed by atoms with Crippen LogP contribution < -0.4 is 10.6 Å². The molecule has 0 aromatic heterocycles. The second-order valence-corrected chi connectivity index (χ2v) is 7.23. The molecule has 1 aliphatic heterocycles. The lowest BCUT2D eigenvalue weighted by Crippen LogP contribution is -2.40. The quantitative estimate of drug-likeness (QED) is 0.716. The van der Waals surface area contributed by atoms with Crippen LogP contribution in [0, 0.1) is 0 Å². The summed E-state index contributed by atoms with van der Waals surface area (Å²) < 4.78 is 31.6. The van der Waals surface area contributed by atoms with Gasteiger partial charge >= 0.3 is 0 Å². The zero-order valence-corrected chi connectivity index (χ0v) is 15.3.